The van der Waals surface area contributed by atoms with Crippen molar-refractivity contribution in [2.24, 2.45) is 0 Å². The molecule has 1 N–H and O–H groups in total. The Morgan fingerprint density at radius 1 is 0.818 bits per heavy atom. The van der Waals surface area contributed by atoms with Crippen LogP contribution in [0.5, 0.6) is 11.5 Å². The van der Waals surface area contributed by atoms with E-state index in [0.717, 1.165) is 53.2 Å². The Bertz CT molecular complexity index is 2280. The summed E-state index contributed by atoms with van der Waals surface area (Å²) >= 11 is 16.0. The fraction of sp³-hybridized carbons (Fsp3) is 0.205. The van der Waals surface area contributed by atoms with Crippen molar-refractivity contribution in [1.82, 2.24) is 5.32 Å². The second-order valence-electron chi connectivity index (χ2n) is 13.7. The highest BCUT2D eigenvalue weighted by Gasteiger charge is 2.40. The van der Waals surface area contributed by atoms with E-state index in [9.17, 15) is 14.4 Å². The van der Waals surface area contributed by atoms with Crippen molar-refractivity contribution in [3.63, 3.8) is 0 Å². The van der Waals surface area contributed by atoms with Crippen LogP contribution < -0.4 is 24.6 Å². The van der Waals surface area contributed by atoms with Crippen molar-refractivity contribution in [2.75, 3.05) is 29.5 Å². The lowest BCUT2D eigenvalue weighted by atomic mass is 9.76. The van der Waals surface area contributed by atoms with Gasteiger partial charge in [0.2, 0.25) is 0 Å². The number of hydrogen-bond acceptors (Lipinski definition) is 6. The first-order valence-electron chi connectivity index (χ1n) is 18.2. The summed E-state index contributed by atoms with van der Waals surface area (Å²) in [6.45, 7) is 4.13. The van der Waals surface area contributed by atoms with Gasteiger partial charge in [0.15, 0.2) is 11.5 Å². The van der Waals surface area contributed by atoms with Gasteiger partial charge in [-0.05, 0) is 106 Å². The van der Waals surface area contributed by atoms with E-state index in [2.05, 4.69) is 50.4 Å². The maximum atomic E-state index is 14.5. The van der Waals surface area contributed by atoms with Crippen LogP contribution >= 0.6 is 39.1 Å². The molecule has 1 saturated heterocycles. The Kier molecular flexibility index (Phi) is 10.4. The van der Waals surface area contributed by atoms with Crippen LogP contribution in [0.4, 0.5) is 16.2 Å². The predicted octanol–water partition coefficient (Wildman–Crippen LogP) is 10.3. The summed E-state index contributed by atoms with van der Waals surface area (Å²) < 4.78 is 12.6. The maximum Gasteiger partial charge on any atom is 0.335 e. The monoisotopic (exact) mass is 835 g/mol. The minimum Gasteiger partial charge on any atom is -0.490 e. The Labute approximate surface area is 337 Å². The summed E-state index contributed by atoms with van der Waals surface area (Å²) in [5, 5.41) is 3.41. The van der Waals surface area contributed by atoms with E-state index in [1.807, 2.05) is 55.5 Å². The summed E-state index contributed by atoms with van der Waals surface area (Å²) in [4.78, 5) is 45.1. The number of ether oxygens (including phenoxy) is 2. The van der Waals surface area contributed by atoms with Crippen molar-refractivity contribution in [3.8, 4) is 11.5 Å². The molecule has 8 nitrogen and oxygen atoms in total. The van der Waals surface area contributed by atoms with E-state index < -0.39 is 17.8 Å². The Morgan fingerprint density at radius 2 is 1.45 bits per heavy atom. The van der Waals surface area contributed by atoms with Crippen molar-refractivity contribution < 1.29 is 23.9 Å². The van der Waals surface area contributed by atoms with Crippen LogP contribution in [0.25, 0.3) is 6.08 Å². The molecule has 8 rings (SSSR count). The van der Waals surface area contributed by atoms with Gasteiger partial charge in [-0.3, -0.25) is 14.9 Å². The lowest BCUT2D eigenvalue weighted by Crippen LogP contribution is -2.54. The molecule has 1 fully saturated rings. The summed E-state index contributed by atoms with van der Waals surface area (Å²) in [6.07, 6.45) is 3.25. The average molecular weight is 838 g/mol. The van der Waals surface area contributed by atoms with Crippen LogP contribution in [0.2, 0.25) is 10.0 Å². The average Bonchev–Trinajstić information content (AvgIpc) is 3.18. The van der Waals surface area contributed by atoms with Gasteiger partial charge in [0.05, 0.1) is 16.8 Å². The lowest BCUT2D eigenvalue weighted by Gasteiger charge is -2.44. The fourth-order valence-electron chi connectivity index (χ4n) is 7.89. The summed E-state index contributed by atoms with van der Waals surface area (Å²) in [7, 11) is 0. The van der Waals surface area contributed by atoms with E-state index in [-0.39, 0.29) is 24.0 Å². The number of imide groups is 2. The Balaban J connectivity index is 1.18. The highest BCUT2D eigenvalue weighted by Crippen LogP contribution is 2.50. The second-order valence-corrected chi connectivity index (χ2v) is 15.4. The Hall–Kier alpha value is -5.09. The van der Waals surface area contributed by atoms with E-state index in [4.69, 9.17) is 32.7 Å². The number of carbonyl (C=O) groups excluding carboxylic acids is 3. The van der Waals surface area contributed by atoms with Gasteiger partial charge in [0.1, 0.15) is 12.2 Å². The number of halogens is 3. The van der Waals surface area contributed by atoms with Crippen molar-refractivity contribution in [1.29, 1.82) is 0 Å². The number of benzene rings is 5. The number of nitrogens with one attached hydrogen (secondary N) is 1. The molecule has 278 valence electrons. The van der Waals surface area contributed by atoms with Crippen LogP contribution in [0, 0.1) is 0 Å². The zero-order valence-electron chi connectivity index (χ0n) is 29.9. The number of hydrogen-bond donors (Lipinski definition) is 1. The topological polar surface area (TPSA) is 88.2 Å². The normalized spacial score (nSPS) is 18.6. The number of urea groups is 1. The van der Waals surface area contributed by atoms with E-state index in [0.29, 0.717) is 43.9 Å². The van der Waals surface area contributed by atoms with E-state index in [1.54, 1.807) is 30.3 Å². The van der Waals surface area contributed by atoms with Gasteiger partial charge in [-0.25, -0.2) is 9.69 Å². The fourth-order valence-corrected chi connectivity index (χ4v) is 8.93. The third-order valence-corrected chi connectivity index (χ3v) is 11.6. The zero-order chi connectivity index (χ0) is 38.2. The molecule has 55 heavy (non-hydrogen) atoms. The molecular weight excluding hydrogens is 801 g/mol. The van der Waals surface area contributed by atoms with Crippen molar-refractivity contribution >= 4 is 74.4 Å². The molecule has 3 aliphatic heterocycles. The molecule has 2 atom stereocenters. The van der Waals surface area contributed by atoms with Crippen LogP contribution in [0.1, 0.15) is 65.0 Å². The van der Waals surface area contributed by atoms with Gasteiger partial charge in [0.25, 0.3) is 11.8 Å². The first-order chi connectivity index (χ1) is 26.7. The molecular formula is C44H36BrCl2N3O5. The zero-order valence-corrected chi connectivity index (χ0v) is 33.0. The first kappa shape index (κ1) is 36.9. The minimum absolute atomic E-state index is 0.0612. The van der Waals surface area contributed by atoms with E-state index in [1.165, 1.54) is 17.2 Å². The molecule has 0 aromatic heterocycles. The third kappa shape index (κ3) is 7.24. The summed E-state index contributed by atoms with van der Waals surface area (Å²) in [5.74, 6) is -0.569. The highest BCUT2D eigenvalue weighted by molar-refractivity contribution is 9.10. The van der Waals surface area contributed by atoms with Gasteiger partial charge in [-0.2, -0.15) is 0 Å². The first-order valence-corrected chi connectivity index (χ1v) is 19.7. The molecule has 5 aromatic carbocycles. The van der Waals surface area contributed by atoms with Gasteiger partial charge in [0, 0.05) is 46.2 Å². The van der Waals surface area contributed by atoms with E-state index >= 15 is 0 Å². The molecule has 0 saturated carbocycles. The third-order valence-electron chi connectivity index (χ3n) is 10.4. The predicted molar refractivity (Wildman–Crippen MR) is 220 cm³/mol. The van der Waals surface area contributed by atoms with Crippen molar-refractivity contribution in [3.05, 3.63) is 157 Å². The molecule has 0 spiro atoms. The minimum atomic E-state index is -0.795. The molecule has 0 unspecified atom stereocenters. The summed E-state index contributed by atoms with van der Waals surface area (Å²) in [6, 6.07) is 32.4. The molecule has 3 aliphatic rings. The number of carbonyl (C=O) groups is 3. The number of anilines is 2. The highest BCUT2D eigenvalue weighted by atomic mass is 79.9. The van der Waals surface area contributed by atoms with Gasteiger partial charge in [-0.15, -0.1) is 0 Å². The number of nitrogens with zero attached hydrogens (tertiary/aromatic N) is 2. The quantitative estimate of drug-likeness (QED) is 0.118. The molecule has 3 heterocycles. The summed E-state index contributed by atoms with van der Waals surface area (Å²) in [5.41, 5.74) is 7.09. The number of barbiturate groups is 1. The standard InChI is InChI=1S/C44H36BrCl2N3O5/c1-2-54-39-21-26(20-37(45)41(39)55-25-29-13-14-30(46)22-38(29)47)19-36-42(51)48-44(53)50(43(36)52)31-23-34-32(27-9-5-3-6-10-27)15-17-49-18-16-33(35(24-31)40(34)49)28-11-7-4-8-12-28/h3-14,19-24,32-33H,2,15-18,25H2,1H3,(H,48,51,53)/b36-19+/t32-,33+. The smallest absolute Gasteiger partial charge is 0.335 e. The second kappa shape index (κ2) is 15.6. The molecule has 0 aliphatic carbocycles. The number of amides is 4. The van der Waals surface area contributed by atoms with Gasteiger partial charge in [-0.1, -0.05) is 89.9 Å². The van der Waals surface area contributed by atoms with Crippen molar-refractivity contribution in [2.45, 2.75) is 38.2 Å². The molecule has 11 heteroatoms. The molecule has 4 amide bonds. The molecule has 0 radical (unpaired) electrons. The lowest BCUT2D eigenvalue weighted by molar-refractivity contribution is -0.122. The molecule has 0 bridgehead atoms. The van der Waals surface area contributed by atoms with Crippen LogP contribution in [0.3, 0.4) is 0 Å². The largest absolute Gasteiger partial charge is 0.490 e. The van der Waals surface area contributed by atoms with Crippen LogP contribution in [-0.2, 0) is 16.2 Å². The number of rotatable bonds is 9. The molecule has 5 aromatic rings. The van der Waals surface area contributed by atoms with Gasteiger partial charge < -0.3 is 14.4 Å². The van der Waals surface area contributed by atoms with Crippen LogP contribution in [-0.4, -0.2) is 37.5 Å². The van der Waals surface area contributed by atoms with Crippen LogP contribution in [0.15, 0.2) is 113 Å². The Morgan fingerprint density at radius 3 is 2.05 bits per heavy atom. The maximum absolute atomic E-state index is 14.5. The van der Waals surface area contributed by atoms with Gasteiger partial charge >= 0.3 is 6.03 Å². The SMILES string of the molecule is CCOc1cc(/C=C2\C(=O)NC(=O)N(c3cc4c5c(c3)[C@H](c3ccccc3)CCN5CC[C@@H]4c3ccccc3)C2=O)cc(Br)c1OCc1ccc(Cl)cc1Cl.